The molecule has 2 aliphatic heterocycles. The Morgan fingerprint density at radius 3 is 2.30 bits per heavy atom. The number of aliphatic hydroxyl groups excluding tert-OH is 3. The van der Waals surface area contributed by atoms with Crippen LogP contribution in [-0.4, -0.2) is 71.6 Å². The zero-order chi connectivity index (χ0) is 14.9. The third kappa shape index (κ3) is 3.48. The van der Waals surface area contributed by atoms with Gasteiger partial charge in [0.2, 0.25) is 0 Å². The molecule has 0 unspecified atom stereocenters. The van der Waals surface area contributed by atoms with Crippen LogP contribution in [0, 0.1) is 0 Å². The molecule has 2 saturated heterocycles. The van der Waals surface area contributed by atoms with E-state index in [0.29, 0.717) is 6.42 Å². The summed E-state index contributed by atoms with van der Waals surface area (Å²) in [6.45, 7) is 3.47. The first kappa shape index (κ1) is 16.1. The van der Waals surface area contributed by atoms with Crippen LogP contribution in [0.4, 0.5) is 0 Å². The highest BCUT2D eigenvalue weighted by Gasteiger charge is 2.41. The lowest BCUT2D eigenvalue weighted by Gasteiger charge is -2.42. The van der Waals surface area contributed by atoms with Crippen molar-refractivity contribution in [2.75, 3.05) is 7.11 Å². The lowest BCUT2D eigenvalue weighted by atomic mass is 10.0. The highest BCUT2D eigenvalue weighted by molar-refractivity contribution is 4.85. The summed E-state index contributed by atoms with van der Waals surface area (Å²) in [5, 5.41) is 29.3. The van der Waals surface area contributed by atoms with Crippen molar-refractivity contribution >= 4 is 0 Å². The highest BCUT2D eigenvalue weighted by Crippen LogP contribution is 2.28. The number of ether oxygens (including phenoxy) is 4. The molecule has 2 heterocycles. The zero-order valence-corrected chi connectivity index (χ0v) is 12.0. The number of rotatable bonds is 3. The minimum absolute atomic E-state index is 0.105. The largest absolute Gasteiger partial charge is 0.390 e. The molecule has 7 nitrogen and oxygen atoms in total. The lowest BCUT2D eigenvalue weighted by molar-refractivity contribution is -0.308. The molecule has 20 heavy (non-hydrogen) atoms. The maximum Gasteiger partial charge on any atom is 0.161 e. The first-order valence-corrected chi connectivity index (χ1v) is 6.95. The van der Waals surface area contributed by atoms with Crippen molar-refractivity contribution in [2.45, 2.75) is 75.9 Å². The molecular formula is C13H24O7. The second-order valence-corrected chi connectivity index (χ2v) is 5.47. The molecule has 0 aromatic carbocycles. The van der Waals surface area contributed by atoms with E-state index in [1.807, 2.05) is 0 Å². The molecule has 3 N–H and O–H groups in total. The number of aliphatic hydroxyl groups is 3. The predicted molar refractivity (Wildman–Crippen MR) is 67.8 cm³/mol. The molecule has 0 radical (unpaired) electrons. The molecule has 7 heteroatoms. The van der Waals surface area contributed by atoms with Gasteiger partial charge >= 0.3 is 0 Å². The Labute approximate surface area is 118 Å². The van der Waals surface area contributed by atoms with E-state index in [0.717, 1.165) is 0 Å². The van der Waals surface area contributed by atoms with E-state index in [1.165, 1.54) is 7.11 Å². The van der Waals surface area contributed by atoms with Crippen LogP contribution in [-0.2, 0) is 18.9 Å². The molecule has 2 fully saturated rings. The quantitative estimate of drug-likeness (QED) is 0.637. The van der Waals surface area contributed by atoms with E-state index in [4.69, 9.17) is 18.9 Å². The Morgan fingerprint density at radius 1 is 1.00 bits per heavy atom. The topological polar surface area (TPSA) is 97.6 Å². The number of hydrogen-bond donors (Lipinski definition) is 3. The summed E-state index contributed by atoms with van der Waals surface area (Å²) >= 11 is 0. The van der Waals surface area contributed by atoms with Crippen molar-refractivity contribution in [1.29, 1.82) is 0 Å². The minimum Gasteiger partial charge on any atom is -0.390 e. The average Bonchev–Trinajstić information content (AvgIpc) is 2.37. The molecular weight excluding hydrogens is 268 g/mol. The van der Waals surface area contributed by atoms with Crippen LogP contribution in [0.3, 0.4) is 0 Å². The van der Waals surface area contributed by atoms with E-state index in [9.17, 15) is 15.3 Å². The summed E-state index contributed by atoms with van der Waals surface area (Å²) in [7, 11) is 1.53. The summed E-state index contributed by atoms with van der Waals surface area (Å²) in [5.41, 5.74) is 0. The van der Waals surface area contributed by atoms with Gasteiger partial charge in [0.1, 0.15) is 12.2 Å². The van der Waals surface area contributed by atoms with Gasteiger partial charge in [-0.05, 0) is 13.8 Å². The van der Waals surface area contributed by atoms with Crippen molar-refractivity contribution in [1.82, 2.24) is 0 Å². The first-order chi connectivity index (χ1) is 9.42. The fourth-order valence-electron chi connectivity index (χ4n) is 2.74. The third-order valence-corrected chi connectivity index (χ3v) is 3.92. The van der Waals surface area contributed by atoms with Crippen molar-refractivity contribution in [3.63, 3.8) is 0 Å². The Hall–Kier alpha value is -0.280. The molecule has 8 atom stereocenters. The number of methoxy groups -OCH3 is 1. The van der Waals surface area contributed by atoms with Gasteiger partial charge in [-0.3, -0.25) is 0 Å². The van der Waals surface area contributed by atoms with Crippen LogP contribution in [0.5, 0.6) is 0 Å². The van der Waals surface area contributed by atoms with E-state index >= 15 is 0 Å². The lowest BCUT2D eigenvalue weighted by Crippen LogP contribution is -2.54. The molecule has 118 valence electrons. The van der Waals surface area contributed by atoms with Crippen molar-refractivity contribution in [2.24, 2.45) is 0 Å². The van der Waals surface area contributed by atoms with Gasteiger partial charge in [0, 0.05) is 20.0 Å². The predicted octanol–water partition coefficient (Wildman–Crippen LogP) is -0.630. The highest BCUT2D eigenvalue weighted by atomic mass is 16.7. The summed E-state index contributed by atoms with van der Waals surface area (Å²) in [6, 6.07) is 0. The molecule has 0 aliphatic carbocycles. The second kappa shape index (κ2) is 6.65. The normalized spacial score (nSPS) is 50.1. The van der Waals surface area contributed by atoms with E-state index in [2.05, 4.69) is 0 Å². The van der Waals surface area contributed by atoms with Crippen LogP contribution in [0.1, 0.15) is 26.7 Å². The second-order valence-electron chi connectivity index (χ2n) is 5.47. The molecule has 0 spiro atoms. The molecule has 0 bridgehead atoms. The minimum atomic E-state index is -0.973. The Bertz CT molecular complexity index is 301. The Morgan fingerprint density at radius 2 is 1.70 bits per heavy atom. The Balaban J connectivity index is 1.95. The fourth-order valence-corrected chi connectivity index (χ4v) is 2.74. The van der Waals surface area contributed by atoms with E-state index in [1.54, 1.807) is 13.8 Å². The molecule has 2 rings (SSSR count). The van der Waals surface area contributed by atoms with Crippen molar-refractivity contribution < 1.29 is 34.3 Å². The summed E-state index contributed by atoms with van der Waals surface area (Å²) in [4.78, 5) is 0. The summed E-state index contributed by atoms with van der Waals surface area (Å²) < 4.78 is 21.8. The smallest absolute Gasteiger partial charge is 0.161 e. The number of hydrogen-bond acceptors (Lipinski definition) is 7. The Kier molecular flexibility index (Phi) is 5.36. The van der Waals surface area contributed by atoms with Gasteiger partial charge in [-0.15, -0.1) is 0 Å². The van der Waals surface area contributed by atoms with Crippen LogP contribution in [0.25, 0.3) is 0 Å². The maximum atomic E-state index is 9.98. The monoisotopic (exact) mass is 292 g/mol. The molecule has 0 amide bonds. The summed E-state index contributed by atoms with van der Waals surface area (Å²) in [6.07, 6.45) is -4.41. The standard InChI is InChI=1S/C13H24O7/c1-6-12(16)9(17-3)5-11(19-6)20-13-7(2)18-10(15)4-8(13)14/h6-16H,4-5H2,1-3H3/t6-,7+,8-,9-,10+,11-,12+,13+/m0/s1. The van der Waals surface area contributed by atoms with E-state index in [-0.39, 0.29) is 12.5 Å². The average molecular weight is 292 g/mol. The van der Waals surface area contributed by atoms with Gasteiger partial charge in [-0.2, -0.15) is 0 Å². The van der Waals surface area contributed by atoms with Gasteiger partial charge in [-0.1, -0.05) is 0 Å². The SMILES string of the molecule is CO[C@H]1C[C@H](O[C@H]2[C@@H](O)C[C@H](O)O[C@@H]2C)O[C@@H](C)[C@H]1O. The maximum absolute atomic E-state index is 9.98. The first-order valence-electron chi connectivity index (χ1n) is 6.95. The van der Waals surface area contributed by atoms with Gasteiger partial charge in [-0.25, -0.2) is 0 Å². The fraction of sp³-hybridized carbons (Fsp3) is 1.00. The van der Waals surface area contributed by atoms with E-state index < -0.39 is 43.1 Å². The van der Waals surface area contributed by atoms with Gasteiger partial charge < -0.3 is 34.3 Å². The van der Waals surface area contributed by atoms with Crippen molar-refractivity contribution in [3.8, 4) is 0 Å². The van der Waals surface area contributed by atoms with Gasteiger partial charge in [0.05, 0.1) is 24.4 Å². The molecule has 0 aromatic rings. The molecule has 2 aliphatic rings. The summed E-state index contributed by atoms with van der Waals surface area (Å²) in [5.74, 6) is 0. The van der Waals surface area contributed by atoms with Crippen molar-refractivity contribution in [3.05, 3.63) is 0 Å². The van der Waals surface area contributed by atoms with Crippen LogP contribution >= 0.6 is 0 Å². The van der Waals surface area contributed by atoms with Crippen LogP contribution in [0.15, 0.2) is 0 Å². The van der Waals surface area contributed by atoms with Crippen LogP contribution in [0.2, 0.25) is 0 Å². The zero-order valence-electron chi connectivity index (χ0n) is 12.0. The van der Waals surface area contributed by atoms with Gasteiger partial charge in [0.25, 0.3) is 0 Å². The molecule has 0 aromatic heterocycles. The third-order valence-electron chi connectivity index (χ3n) is 3.92. The molecule has 0 saturated carbocycles. The van der Waals surface area contributed by atoms with Gasteiger partial charge in [0.15, 0.2) is 12.6 Å². The van der Waals surface area contributed by atoms with Crippen LogP contribution < -0.4 is 0 Å².